The predicted molar refractivity (Wildman–Crippen MR) is 117 cm³/mol. The van der Waals surface area contributed by atoms with Crippen molar-refractivity contribution in [2.24, 2.45) is 5.92 Å². The lowest BCUT2D eigenvalue weighted by Gasteiger charge is -2.31. The number of pyridine rings is 1. The van der Waals surface area contributed by atoms with Crippen molar-refractivity contribution in [1.82, 2.24) is 4.98 Å². The zero-order valence-electron chi connectivity index (χ0n) is 17.3. The molecule has 2 heterocycles. The Bertz CT molecular complexity index is 879. The van der Waals surface area contributed by atoms with Crippen LogP contribution in [-0.2, 0) is 11.3 Å². The standard InChI is InChI=1S/C23H30N4O2/c1-16(15-28)26(2)19-10-11-20-21(13-19)27(23(29)17-7-4-3-5-8-17)14-18-9-6-12-24-22(18)25-20/h6,9-13,16-17,28H,3-5,7-8,14-15H2,1-2H3,(H,24,25). The van der Waals surface area contributed by atoms with Gasteiger partial charge >= 0.3 is 0 Å². The molecule has 1 amide bonds. The maximum absolute atomic E-state index is 13.6. The van der Waals surface area contributed by atoms with Gasteiger partial charge in [0, 0.05) is 36.5 Å². The molecule has 6 nitrogen and oxygen atoms in total. The molecule has 1 saturated carbocycles. The smallest absolute Gasteiger partial charge is 0.230 e. The number of carbonyl (C=O) groups is 1. The summed E-state index contributed by atoms with van der Waals surface area (Å²) in [6.45, 7) is 2.57. The van der Waals surface area contributed by atoms with Gasteiger partial charge in [-0.05, 0) is 44.0 Å². The average molecular weight is 395 g/mol. The number of aliphatic hydroxyl groups excluding tert-OH is 1. The van der Waals surface area contributed by atoms with Gasteiger partial charge in [0.1, 0.15) is 5.82 Å². The lowest BCUT2D eigenvalue weighted by molar-refractivity contribution is -0.123. The fraction of sp³-hybridized carbons (Fsp3) is 0.478. The second-order valence-corrected chi connectivity index (χ2v) is 8.24. The van der Waals surface area contributed by atoms with Crippen molar-refractivity contribution in [3.8, 4) is 0 Å². The van der Waals surface area contributed by atoms with Crippen LogP contribution < -0.4 is 15.1 Å². The van der Waals surface area contributed by atoms with Gasteiger partial charge in [0.05, 0.1) is 24.5 Å². The number of hydrogen-bond acceptors (Lipinski definition) is 5. The van der Waals surface area contributed by atoms with Crippen LogP contribution >= 0.6 is 0 Å². The van der Waals surface area contributed by atoms with E-state index in [1.165, 1.54) is 6.42 Å². The number of nitrogens with zero attached hydrogens (tertiary/aromatic N) is 3. The highest BCUT2D eigenvalue weighted by molar-refractivity contribution is 6.00. The number of likely N-dealkylation sites (N-methyl/N-ethyl adjacent to an activating group) is 1. The molecular formula is C23H30N4O2. The van der Waals surface area contributed by atoms with E-state index < -0.39 is 0 Å². The lowest BCUT2D eigenvalue weighted by Crippen LogP contribution is -2.37. The molecule has 1 aromatic heterocycles. The van der Waals surface area contributed by atoms with Gasteiger partial charge in [-0.25, -0.2) is 4.98 Å². The van der Waals surface area contributed by atoms with Gasteiger partial charge in [-0.1, -0.05) is 25.3 Å². The van der Waals surface area contributed by atoms with Gasteiger partial charge in [-0.3, -0.25) is 4.79 Å². The molecule has 1 unspecified atom stereocenters. The fourth-order valence-electron chi connectivity index (χ4n) is 4.27. The summed E-state index contributed by atoms with van der Waals surface area (Å²) < 4.78 is 0. The maximum atomic E-state index is 13.6. The number of fused-ring (bicyclic) bond motifs is 2. The number of carbonyl (C=O) groups excluding carboxylic acids is 1. The van der Waals surface area contributed by atoms with Crippen molar-refractivity contribution in [3.05, 3.63) is 42.1 Å². The minimum absolute atomic E-state index is 0.00635. The summed E-state index contributed by atoms with van der Waals surface area (Å²) in [6.07, 6.45) is 7.20. The Morgan fingerprint density at radius 3 is 2.86 bits per heavy atom. The van der Waals surface area contributed by atoms with Crippen LogP contribution in [0.1, 0.15) is 44.6 Å². The summed E-state index contributed by atoms with van der Waals surface area (Å²) in [5.41, 5.74) is 3.77. The highest BCUT2D eigenvalue weighted by Crippen LogP contribution is 2.39. The first-order valence-corrected chi connectivity index (χ1v) is 10.6. The molecule has 154 valence electrons. The summed E-state index contributed by atoms with van der Waals surface area (Å²) in [6, 6.07) is 10.0. The minimum Gasteiger partial charge on any atom is -0.394 e. The van der Waals surface area contributed by atoms with Crippen LogP contribution in [0.4, 0.5) is 22.9 Å². The van der Waals surface area contributed by atoms with Gasteiger partial charge in [-0.2, -0.15) is 0 Å². The number of amides is 1. The number of aromatic nitrogens is 1. The van der Waals surface area contributed by atoms with Gasteiger partial charge in [0.15, 0.2) is 0 Å². The average Bonchev–Trinajstić information content (AvgIpc) is 2.94. The fourth-order valence-corrected chi connectivity index (χ4v) is 4.27. The molecule has 0 bridgehead atoms. The first-order chi connectivity index (χ1) is 14.1. The molecule has 4 rings (SSSR count). The van der Waals surface area contributed by atoms with Gasteiger partial charge in [0.2, 0.25) is 5.91 Å². The molecule has 1 aromatic carbocycles. The molecule has 2 aliphatic rings. The van der Waals surface area contributed by atoms with Crippen molar-refractivity contribution in [2.45, 2.75) is 51.6 Å². The minimum atomic E-state index is -0.00635. The molecule has 1 fully saturated rings. The van der Waals surface area contributed by atoms with E-state index in [-0.39, 0.29) is 24.5 Å². The van der Waals surface area contributed by atoms with Crippen molar-refractivity contribution in [2.75, 3.05) is 28.8 Å². The zero-order valence-corrected chi connectivity index (χ0v) is 17.3. The summed E-state index contributed by atoms with van der Waals surface area (Å²) >= 11 is 0. The van der Waals surface area contributed by atoms with E-state index in [0.717, 1.165) is 54.1 Å². The third kappa shape index (κ3) is 3.94. The second kappa shape index (κ2) is 8.41. The van der Waals surface area contributed by atoms with Gasteiger partial charge in [-0.15, -0.1) is 0 Å². The van der Waals surface area contributed by atoms with Crippen LogP contribution in [0.5, 0.6) is 0 Å². The summed E-state index contributed by atoms with van der Waals surface area (Å²) in [4.78, 5) is 22.0. The molecule has 6 heteroatoms. The SMILES string of the molecule is CC(CO)N(C)c1ccc2c(c1)N(C(=O)C1CCCCC1)Cc1cccnc1N2. The number of anilines is 4. The molecule has 1 atom stereocenters. The Morgan fingerprint density at radius 2 is 2.10 bits per heavy atom. The number of aliphatic hydroxyl groups is 1. The largest absolute Gasteiger partial charge is 0.394 e. The van der Waals surface area contributed by atoms with Crippen LogP contribution in [0.3, 0.4) is 0 Å². The molecule has 0 radical (unpaired) electrons. The molecule has 1 aliphatic heterocycles. The lowest BCUT2D eigenvalue weighted by atomic mass is 9.88. The van der Waals surface area contributed by atoms with E-state index in [2.05, 4.69) is 16.4 Å². The van der Waals surface area contributed by atoms with Crippen molar-refractivity contribution in [3.63, 3.8) is 0 Å². The van der Waals surface area contributed by atoms with Crippen LogP contribution in [0, 0.1) is 5.92 Å². The maximum Gasteiger partial charge on any atom is 0.230 e. The van der Waals surface area contributed by atoms with Crippen LogP contribution in [0.2, 0.25) is 0 Å². The van der Waals surface area contributed by atoms with Gasteiger partial charge < -0.3 is 20.2 Å². The normalized spacial score (nSPS) is 17.6. The van der Waals surface area contributed by atoms with Crippen LogP contribution in [0.15, 0.2) is 36.5 Å². The monoisotopic (exact) mass is 394 g/mol. The highest BCUT2D eigenvalue weighted by Gasteiger charge is 2.31. The summed E-state index contributed by atoms with van der Waals surface area (Å²) in [5.74, 6) is 1.10. The molecule has 1 aliphatic carbocycles. The Balaban J connectivity index is 1.75. The van der Waals surface area contributed by atoms with Crippen molar-refractivity contribution in [1.29, 1.82) is 0 Å². The van der Waals surface area contributed by atoms with Crippen LogP contribution in [0.25, 0.3) is 0 Å². The van der Waals surface area contributed by atoms with E-state index in [9.17, 15) is 9.90 Å². The molecular weight excluding hydrogens is 364 g/mol. The highest BCUT2D eigenvalue weighted by atomic mass is 16.3. The number of rotatable bonds is 4. The number of nitrogens with one attached hydrogen (secondary N) is 1. The second-order valence-electron chi connectivity index (χ2n) is 8.24. The van der Waals surface area contributed by atoms with Crippen molar-refractivity contribution < 1.29 is 9.90 Å². The number of benzene rings is 1. The van der Waals surface area contributed by atoms with E-state index in [0.29, 0.717) is 6.54 Å². The Kier molecular flexibility index (Phi) is 5.72. The quantitative estimate of drug-likeness (QED) is 0.818. The molecule has 2 N–H and O–H groups in total. The van der Waals surface area contributed by atoms with Crippen molar-refractivity contribution >= 4 is 28.8 Å². The molecule has 0 spiro atoms. The van der Waals surface area contributed by atoms with E-state index in [4.69, 9.17) is 0 Å². The third-order valence-electron chi connectivity index (χ3n) is 6.30. The zero-order chi connectivity index (χ0) is 20.4. The first kappa shape index (κ1) is 19.7. The molecule has 0 saturated heterocycles. The molecule has 2 aromatic rings. The summed E-state index contributed by atoms with van der Waals surface area (Å²) in [5, 5.41) is 13.0. The van der Waals surface area contributed by atoms with Gasteiger partial charge in [0.25, 0.3) is 0 Å². The molecule has 29 heavy (non-hydrogen) atoms. The Labute approximate surface area is 172 Å². The predicted octanol–water partition coefficient (Wildman–Crippen LogP) is 4.07. The van der Waals surface area contributed by atoms with E-state index >= 15 is 0 Å². The van der Waals surface area contributed by atoms with Crippen LogP contribution in [-0.4, -0.2) is 35.7 Å². The number of hydrogen-bond donors (Lipinski definition) is 2. The topological polar surface area (TPSA) is 68.7 Å². The third-order valence-corrected chi connectivity index (χ3v) is 6.30. The Morgan fingerprint density at radius 1 is 1.31 bits per heavy atom. The van der Waals surface area contributed by atoms with E-state index in [1.807, 2.05) is 48.0 Å². The van der Waals surface area contributed by atoms with E-state index in [1.54, 1.807) is 6.20 Å². The Hall–Kier alpha value is -2.60. The first-order valence-electron chi connectivity index (χ1n) is 10.6. The summed E-state index contributed by atoms with van der Waals surface area (Å²) in [7, 11) is 1.97.